The second-order valence-electron chi connectivity index (χ2n) is 7.22. The number of nitrogens with zero attached hydrogens (tertiary/aromatic N) is 2. The first-order chi connectivity index (χ1) is 13.1. The Balaban J connectivity index is 1.19. The van der Waals surface area contributed by atoms with Gasteiger partial charge in [-0.05, 0) is 60.1 Å². The zero-order valence-electron chi connectivity index (χ0n) is 14.8. The quantitative estimate of drug-likeness (QED) is 0.734. The number of halogens is 2. The van der Waals surface area contributed by atoms with Crippen molar-refractivity contribution in [3.8, 4) is 0 Å². The van der Waals surface area contributed by atoms with E-state index in [-0.39, 0.29) is 5.91 Å². The van der Waals surface area contributed by atoms with Crippen molar-refractivity contribution in [3.05, 3.63) is 64.4 Å². The second kappa shape index (κ2) is 7.91. The van der Waals surface area contributed by atoms with Crippen LogP contribution in [0, 0.1) is 17.8 Å². The van der Waals surface area contributed by atoms with Crippen LogP contribution in [0.25, 0.3) is 6.08 Å². The molecule has 2 heterocycles. The van der Waals surface area contributed by atoms with Crippen LogP contribution >= 0.6 is 23.2 Å². The molecule has 0 spiro atoms. The number of pyridine rings is 1. The summed E-state index contributed by atoms with van der Waals surface area (Å²) in [5, 5.41) is 4.33. The van der Waals surface area contributed by atoms with Crippen molar-refractivity contribution in [1.82, 2.24) is 10.3 Å². The number of rotatable bonds is 6. The summed E-state index contributed by atoms with van der Waals surface area (Å²) in [7, 11) is 0. The van der Waals surface area contributed by atoms with Gasteiger partial charge in [-0.15, -0.1) is 0 Å². The number of aromatic nitrogens is 1. The number of carbonyl (C=O) groups excluding carboxylic acids is 1. The highest BCUT2D eigenvalue weighted by Gasteiger charge is 2.54. The van der Waals surface area contributed by atoms with Crippen molar-refractivity contribution in [2.24, 2.45) is 17.8 Å². The molecule has 1 aromatic carbocycles. The van der Waals surface area contributed by atoms with E-state index in [4.69, 9.17) is 23.2 Å². The molecule has 2 atom stereocenters. The highest BCUT2D eigenvalue weighted by atomic mass is 35.5. The zero-order chi connectivity index (χ0) is 18.8. The maximum absolute atomic E-state index is 11.9. The van der Waals surface area contributed by atoms with Crippen LogP contribution in [0.3, 0.4) is 0 Å². The van der Waals surface area contributed by atoms with Crippen LogP contribution in [0.4, 0.5) is 5.69 Å². The van der Waals surface area contributed by atoms with Gasteiger partial charge in [0.05, 0.1) is 0 Å². The Morgan fingerprint density at radius 3 is 2.63 bits per heavy atom. The highest BCUT2D eigenvalue weighted by Crippen LogP contribution is 2.54. The topological polar surface area (TPSA) is 45.2 Å². The lowest BCUT2D eigenvalue weighted by Crippen LogP contribution is -2.26. The molecule has 2 unspecified atom stereocenters. The van der Waals surface area contributed by atoms with Crippen LogP contribution in [-0.2, 0) is 4.79 Å². The van der Waals surface area contributed by atoms with E-state index >= 15 is 0 Å². The first-order valence-electron chi connectivity index (χ1n) is 9.17. The number of carbonyl (C=O) groups is 1. The van der Waals surface area contributed by atoms with Crippen molar-refractivity contribution in [2.75, 3.05) is 24.5 Å². The molecule has 1 aromatic heterocycles. The SMILES string of the molecule is O=C(/C=C/c1cccnc1)NCCC1C2CN(c3cc(Cl)cc(Cl)c3)CC12. The Kier molecular flexibility index (Phi) is 5.37. The smallest absolute Gasteiger partial charge is 0.244 e. The predicted molar refractivity (Wildman–Crippen MR) is 110 cm³/mol. The van der Waals surface area contributed by atoms with Crippen molar-refractivity contribution < 1.29 is 4.79 Å². The Morgan fingerprint density at radius 1 is 1.22 bits per heavy atom. The van der Waals surface area contributed by atoms with Crippen molar-refractivity contribution >= 4 is 40.9 Å². The van der Waals surface area contributed by atoms with E-state index in [9.17, 15) is 4.79 Å². The van der Waals surface area contributed by atoms with Gasteiger partial charge in [0.2, 0.25) is 5.91 Å². The largest absolute Gasteiger partial charge is 0.371 e. The summed E-state index contributed by atoms with van der Waals surface area (Å²) in [5.41, 5.74) is 2.03. The van der Waals surface area contributed by atoms with Crippen LogP contribution in [0.5, 0.6) is 0 Å². The lowest BCUT2D eigenvalue weighted by Gasteiger charge is -2.22. The van der Waals surface area contributed by atoms with Gasteiger partial charge in [0, 0.05) is 53.8 Å². The molecule has 0 radical (unpaired) electrons. The first kappa shape index (κ1) is 18.3. The number of hydrogen-bond acceptors (Lipinski definition) is 3. The number of nitrogens with one attached hydrogen (secondary N) is 1. The fraction of sp³-hybridized carbons (Fsp3) is 0.333. The van der Waals surface area contributed by atoms with Crippen LogP contribution in [-0.4, -0.2) is 30.5 Å². The molecule has 1 N–H and O–H groups in total. The van der Waals surface area contributed by atoms with Crippen LogP contribution in [0.15, 0.2) is 48.8 Å². The normalized spacial score (nSPS) is 23.5. The maximum Gasteiger partial charge on any atom is 0.244 e. The average Bonchev–Trinajstić information content (AvgIpc) is 3.10. The molecule has 2 fully saturated rings. The first-order valence-corrected chi connectivity index (χ1v) is 9.93. The van der Waals surface area contributed by atoms with E-state index < -0.39 is 0 Å². The van der Waals surface area contributed by atoms with E-state index in [1.807, 2.05) is 24.3 Å². The molecular weight excluding hydrogens is 381 g/mol. The third kappa shape index (κ3) is 4.45. The van der Waals surface area contributed by atoms with Crippen molar-refractivity contribution in [1.29, 1.82) is 0 Å². The summed E-state index contributed by atoms with van der Waals surface area (Å²) in [4.78, 5) is 18.3. The molecule has 1 aliphatic carbocycles. The Hall–Kier alpha value is -2.04. The minimum atomic E-state index is -0.0557. The molecule has 0 bridgehead atoms. The molecule has 6 heteroatoms. The number of fused-ring (bicyclic) bond motifs is 1. The molecular formula is C21H21Cl2N3O. The van der Waals surface area contributed by atoms with Gasteiger partial charge < -0.3 is 10.2 Å². The molecule has 1 amide bonds. The number of anilines is 1. The van der Waals surface area contributed by atoms with Crippen LogP contribution in [0.1, 0.15) is 12.0 Å². The van der Waals surface area contributed by atoms with Gasteiger partial charge in [-0.2, -0.15) is 0 Å². The fourth-order valence-corrected chi connectivity index (χ4v) is 4.59. The molecule has 1 aliphatic heterocycles. The lowest BCUT2D eigenvalue weighted by molar-refractivity contribution is -0.116. The van der Waals surface area contributed by atoms with Gasteiger partial charge in [0.15, 0.2) is 0 Å². The molecule has 27 heavy (non-hydrogen) atoms. The Bertz CT molecular complexity index is 824. The zero-order valence-corrected chi connectivity index (χ0v) is 16.3. The molecule has 4 rings (SSSR count). The van der Waals surface area contributed by atoms with Gasteiger partial charge in [-0.1, -0.05) is 29.3 Å². The minimum Gasteiger partial charge on any atom is -0.371 e. The molecule has 1 saturated carbocycles. The van der Waals surface area contributed by atoms with E-state index in [1.54, 1.807) is 30.6 Å². The Morgan fingerprint density at radius 2 is 1.96 bits per heavy atom. The lowest BCUT2D eigenvalue weighted by atomic mass is 10.2. The van der Waals surface area contributed by atoms with E-state index in [0.717, 1.165) is 37.3 Å². The van der Waals surface area contributed by atoms with Gasteiger partial charge >= 0.3 is 0 Å². The summed E-state index contributed by atoms with van der Waals surface area (Å²) in [6.45, 7) is 2.80. The summed E-state index contributed by atoms with van der Waals surface area (Å²) in [5.74, 6) is 2.08. The van der Waals surface area contributed by atoms with Crippen molar-refractivity contribution in [2.45, 2.75) is 6.42 Å². The summed E-state index contributed by atoms with van der Waals surface area (Å²) in [6, 6.07) is 9.48. The van der Waals surface area contributed by atoms with E-state index in [1.165, 1.54) is 0 Å². The third-order valence-electron chi connectivity index (χ3n) is 5.47. The van der Waals surface area contributed by atoms with Crippen LogP contribution in [0.2, 0.25) is 10.0 Å². The maximum atomic E-state index is 11.9. The van der Waals surface area contributed by atoms with E-state index in [0.29, 0.717) is 27.8 Å². The number of piperidine rings is 1. The number of benzene rings is 1. The predicted octanol–water partition coefficient (Wildman–Crippen LogP) is 4.29. The molecule has 4 nitrogen and oxygen atoms in total. The molecule has 140 valence electrons. The molecule has 2 aromatic rings. The van der Waals surface area contributed by atoms with Gasteiger partial charge in [-0.3, -0.25) is 9.78 Å². The number of hydrogen-bond donors (Lipinski definition) is 1. The molecule has 2 aliphatic rings. The third-order valence-corrected chi connectivity index (χ3v) is 5.91. The average molecular weight is 402 g/mol. The van der Waals surface area contributed by atoms with Crippen LogP contribution < -0.4 is 10.2 Å². The van der Waals surface area contributed by atoms with Crippen molar-refractivity contribution in [3.63, 3.8) is 0 Å². The fourth-order valence-electron chi connectivity index (χ4n) is 4.08. The standard InChI is InChI=1S/C21H21Cl2N3O/c22-15-8-16(23)10-17(9-15)26-12-19-18(20(19)13-26)5-7-25-21(27)4-3-14-2-1-6-24-11-14/h1-4,6,8-11,18-20H,5,7,12-13H2,(H,25,27)/b4-3+. The second-order valence-corrected chi connectivity index (χ2v) is 8.10. The Labute approximate surface area is 169 Å². The van der Waals surface area contributed by atoms with Gasteiger partial charge in [-0.25, -0.2) is 0 Å². The van der Waals surface area contributed by atoms with E-state index in [2.05, 4.69) is 15.2 Å². The van der Waals surface area contributed by atoms with Gasteiger partial charge in [0.1, 0.15) is 0 Å². The highest BCUT2D eigenvalue weighted by molar-refractivity contribution is 6.35. The number of amides is 1. The monoisotopic (exact) mass is 401 g/mol. The summed E-state index contributed by atoms with van der Waals surface area (Å²) < 4.78 is 0. The molecule has 1 saturated heterocycles. The summed E-state index contributed by atoms with van der Waals surface area (Å²) in [6.07, 6.45) is 7.82. The summed E-state index contributed by atoms with van der Waals surface area (Å²) >= 11 is 12.2. The minimum absolute atomic E-state index is 0.0557. The van der Waals surface area contributed by atoms with Gasteiger partial charge in [0.25, 0.3) is 0 Å².